The molecule has 0 aromatic heterocycles. The van der Waals surface area contributed by atoms with Crippen molar-refractivity contribution < 1.29 is 14.3 Å². The molecule has 2 rings (SSSR count). The summed E-state index contributed by atoms with van der Waals surface area (Å²) in [4.78, 5) is 10.9. The second-order valence-corrected chi connectivity index (χ2v) is 4.27. The van der Waals surface area contributed by atoms with Crippen LogP contribution in [0.4, 0.5) is 4.39 Å². The van der Waals surface area contributed by atoms with Gasteiger partial charge in [-0.1, -0.05) is 18.2 Å². The monoisotopic (exact) mass is 244 g/mol. The molecule has 0 aliphatic rings. The number of carboxylic acid groups (broad SMARTS) is 1. The lowest BCUT2D eigenvalue weighted by molar-refractivity contribution is 0.0697. The summed E-state index contributed by atoms with van der Waals surface area (Å²) < 4.78 is 13.9. The van der Waals surface area contributed by atoms with Gasteiger partial charge in [-0.05, 0) is 48.7 Å². The first-order chi connectivity index (χ1) is 8.50. The Morgan fingerprint density at radius 1 is 1.11 bits per heavy atom. The first kappa shape index (κ1) is 12.3. The Bertz CT molecular complexity index is 598. The highest BCUT2D eigenvalue weighted by Gasteiger charge is 2.12. The zero-order valence-corrected chi connectivity index (χ0v) is 10.2. The number of rotatable bonds is 2. The van der Waals surface area contributed by atoms with Crippen molar-refractivity contribution >= 4 is 5.97 Å². The smallest absolute Gasteiger partial charge is 0.335 e. The minimum absolute atomic E-state index is 0.213. The topological polar surface area (TPSA) is 37.3 Å². The molecule has 0 saturated carbocycles. The zero-order valence-electron chi connectivity index (χ0n) is 10.2. The quantitative estimate of drug-likeness (QED) is 0.872. The Labute approximate surface area is 105 Å². The lowest BCUT2D eigenvalue weighted by Crippen LogP contribution is -1.98. The maximum Gasteiger partial charge on any atom is 0.335 e. The van der Waals surface area contributed by atoms with Crippen LogP contribution < -0.4 is 0 Å². The van der Waals surface area contributed by atoms with Crippen LogP contribution in [0.3, 0.4) is 0 Å². The summed E-state index contributed by atoms with van der Waals surface area (Å²) in [6.45, 7) is 3.62. The first-order valence-electron chi connectivity index (χ1n) is 5.60. The second-order valence-electron chi connectivity index (χ2n) is 4.27. The molecule has 1 N–H and O–H groups in total. The van der Waals surface area contributed by atoms with Crippen molar-refractivity contribution in [2.75, 3.05) is 0 Å². The minimum atomic E-state index is -0.977. The Kier molecular flexibility index (Phi) is 3.15. The molecule has 2 aromatic carbocycles. The van der Waals surface area contributed by atoms with E-state index in [4.69, 9.17) is 5.11 Å². The summed E-state index contributed by atoms with van der Waals surface area (Å²) in [7, 11) is 0. The number of benzene rings is 2. The summed E-state index contributed by atoms with van der Waals surface area (Å²) in [5, 5.41) is 8.91. The molecule has 0 bridgehead atoms. The van der Waals surface area contributed by atoms with E-state index in [0.717, 1.165) is 16.7 Å². The van der Waals surface area contributed by atoms with E-state index in [1.165, 1.54) is 12.1 Å². The molecule has 2 aromatic rings. The van der Waals surface area contributed by atoms with Gasteiger partial charge in [-0.15, -0.1) is 0 Å². The van der Waals surface area contributed by atoms with Gasteiger partial charge in [0.05, 0.1) is 5.56 Å². The predicted molar refractivity (Wildman–Crippen MR) is 68.3 cm³/mol. The molecule has 0 spiro atoms. The third kappa shape index (κ3) is 2.12. The highest BCUT2D eigenvalue weighted by molar-refractivity contribution is 5.89. The van der Waals surface area contributed by atoms with Crippen molar-refractivity contribution in [3.8, 4) is 11.1 Å². The molecule has 92 valence electrons. The van der Waals surface area contributed by atoms with Crippen LogP contribution >= 0.6 is 0 Å². The van der Waals surface area contributed by atoms with Crippen LogP contribution in [0.2, 0.25) is 0 Å². The van der Waals surface area contributed by atoms with Crippen molar-refractivity contribution in [3.05, 3.63) is 58.9 Å². The van der Waals surface area contributed by atoms with E-state index in [2.05, 4.69) is 0 Å². The van der Waals surface area contributed by atoms with Crippen molar-refractivity contribution in [3.63, 3.8) is 0 Å². The molecule has 0 radical (unpaired) electrons. The summed E-state index contributed by atoms with van der Waals surface area (Å²) in [5.41, 5.74) is 3.07. The van der Waals surface area contributed by atoms with E-state index < -0.39 is 5.97 Å². The van der Waals surface area contributed by atoms with Crippen LogP contribution in [0.5, 0.6) is 0 Å². The third-order valence-electron chi connectivity index (χ3n) is 2.96. The first-order valence-corrected chi connectivity index (χ1v) is 5.60. The van der Waals surface area contributed by atoms with Gasteiger partial charge in [-0.25, -0.2) is 9.18 Å². The van der Waals surface area contributed by atoms with Crippen molar-refractivity contribution in [2.24, 2.45) is 0 Å². The summed E-state index contributed by atoms with van der Waals surface area (Å²) >= 11 is 0. The zero-order chi connectivity index (χ0) is 13.3. The Morgan fingerprint density at radius 2 is 1.83 bits per heavy atom. The van der Waals surface area contributed by atoms with Gasteiger partial charge < -0.3 is 5.11 Å². The molecule has 0 unspecified atom stereocenters. The van der Waals surface area contributed by atoms with Gasteiger partial charge in [-0.3, -0.25) is 0 Å². The molecule has 0 fully saturated rings. The minimum Gasteiger partial charge on any atom is -0.478 e. The average molecular weight is 244 g/mol. The van der Waals surface area contributed by atoms with Crippen LogP contribution in [-0.4, -0.2) is 11.1 Å². The Hall–Kier alpha value is -2.16. The maximum atomic E-state index is 13.9. The van der Waals surface area contributed by atoms with Crippen LogP contribution in [-0.2, 0) is 0 Å². The molecular weight excluding hydrogens is 231 g/mol. The molecule has 0 saturated heterocycles. The fourth-order valence-electron chi connectivity index (χ4n) is 2.05. The number of aromatic carboxylic acids is 1. The van der Waals surface area contributed by atoms with E-state index in [1.807, 2.05) is 13.0 Å². The fourth-order valence-corrected chi connectivity index (χ4v) is 2.05. The third-order valence-corrected chi connectivity index (χ3v) is 2.96. The lowest BCUT2D eigenvalue weighted by Gasteiger charge is -2.11. The van der Waals surface area contributed by atoms with E-state index in [0.29, 0.717) is 5.56 Å². The van der Waals surface area contributed by atoms with Crippen molar-refractivity contribution in [2.45, 2.75) is 13.8 Å². The molecular formula is C15H13FO2. The summed E-state index contributed by atoms with van der Waals surface area (Å²) in [6, 6.07) is 9.62. The Morgan fingerprint density at radius 3 is 2.39 bits per heavy atom. The van der Waals surface area contributed by atoms with E-state index in [1.54, 1.807) is 25.1 Å². The maximum absolute atomic E-state index is 13.9. The second kappa shape index (κ2) is 4.61. The SMILES string of the molecule is Cc1cc(C(=O)O)ccc1-c1c(C)cccc1F. The number of carbonyl (C=O) groups is 1. The molecule has 2 nitrogen and oxygen atoms in total. The van der Waals surface area contributed by atoms with Crippen LogP contribution in [0.15, 0.2) is 36.4 Å². The predicted octanol–water partition coefficient (Wildman–Crippen LogP) is 3.81. The molecule has 0 heterocycles. The van der Waals surface area contributed by atoms with Crippen molar-refractivity contribution in [1.82, 2.24) is 0 Å². The van der Waals surface area contributed by atoms with Crippen molar-refractivity contribution in [1.29, 1.82) is 0 Å². The fraction of sp³-hybridized carbons (Fsp3) is 0.133. The van der Waals surface area contributed by atoms with Crippen LogP contribution in [0.25, 0.3) is 11.1 Å². The normalized spacial score (nSPS) is 10.4. The molecule has 3 heteroatoms. The van der Waals surface area contributed by atoms with Gasteiger partial charge in [0.25, 0.3) is 0 Å². The van der Waals surface area contributed by atoms with Gasteiger partial charge in [-0.2, -0.15) is 0 Å². The average Bonchev–Trinajstić information content (AvgIpc) is 2.30. The van der Waals surface area contributed by atoms with Gasteiger partial charge in [0.1, 0.15) is 5.82 Å². The van der Waals surface area contributed by atoms with Gasteiger partial charge >= 0.3 is 5.97 Å². The van der Waals surface area contributed by atoms with Gasteiger partial charge in [0.15, 0.2) is 0 Å². The highest BCUT2D eigenvalue weighted by atomic mass is 19.1. The van der Waals surface area contributed by atoms with Gasteiger partial charge in [0, 0.05) is 5.56 Å². The summed E-state index contributed by atoms with van der Waals surface area (Å²) in [5.74, 6) is -1.27. The van der Waals surface area contributed by atoms with Crippen LogP contribution in [0.1, 0.15) is 21.5 Å². The van der Waals surface area contributed by atoms with E-state index >= 15 is 0 Å². The number of aryl methyl sites for hydroxylation is 2. The molecule has 0 aliphatic heterocycles. The molecule has 0 amide bonds. The number of hydrogen-bond donors (Lipinski definition) is 1. The largest absolute Gasteiger partial charge is 0.478 e. The lowest BCUT2D eigenvalue weighted by atomic mass is 9.95. The number of halogens is 1. The van der Waals surface area contributed by atoms with E-state index in [-0.39, 0.29) is 11.4 Å². The molecule has 0 aliphatic carbocycles. The Balaban J connectivity index is 2.62. The number of hydrogen-bond acceptors (Lipinski definition) is 1. The van der Waals surface area contributed by atoms with Gasteiger partial charge in [0.2, 0.25) is 0 Å². The summed E-state index contributed by atoms with van der Waals surface area (Å²) in [6.07, 6.45) is 0. The van der Waals surface area contributed by atoms with E-state index in [9.17, 15) is 9.18 Å². The highest BCUT2D eigenvalue weighted by Crippen LogP contribution is 2.29. The molecule has 0 atom stereocenters. The standard InChI is InChI=1S/C15H13FO2/c1-9-4-3-5-13(16)14(9)12-7-6-11(15(17)18)8-10(12)2/h3-8H,1-2H3,(H,17,18). The van der Waals surface area contributed by atoms with Crippen LogP contribution in [0, 0.1) is 19.7 Å². The molecule has 18 heavy (non-hydrogen) atoms. The number of carboxylic acids is 1.